The number of nitrogens with zero attached hydrogens (tertiary/aromatic N) is 1. The van der Waals surface area contributed by atoms with Crippen molar-refractivity contribution in [1.29, 1.82) is 0 Å². The SMILES string of the molecule is CC(C)OCC12CCCC(CN1C)C2. The molecule has 2 fully saturated rings. The topological polar surface area (TPSA) is 12.5 Å². The highest BCUT2D eigenvalue weighted by molar-refractivity contribution is 5.01. The van der Waals surface area contributed by atoms with Gasteiger partial charge < -0.3 is 4.74 Å². The second kappa shape index (κ2) is 3.82. The van der Waals surface area contributed by atoms with Crippen LogP contribution in [0.2, 0.25) is 0 Å². The van der Waals surface area contributed by atoms with E-state index in [9.17, 15) is 0 Å². The number of likely N-dealkylation sites (tertiary alicyclic amines) is 1. The average molecular weight is 197 g/mol. The van der Waals surface area contributed by atoms with E-state index in [1.54, 1.807) is 0 Å². The molecule has 0 radical (unpaired) electrons. The third-order valence-corrected chi connectivity index (χ3v) is 3.95. The van der Waals surface area contributed by atoms with Crippen LogP contribution < -0.4 is 0 Å². The Morgan fingerprint density at radius 3 is 3.00 bits per heavy atom. The van der Waals surface area contributed by atoms with Crippen molar-refractivity contribution in [2.24, 2.45) is 5.92 Å². The molecule has 2 atom stereocenters. The normalized spacial score (nSPS) is 38.1. The molecule has 2 aliphatic rings. The second-order valence-corrected chi connectivity index (χ2v) is 5.43. The number of likely N-dealkylation sites (N-methyl/N-ethyl adjacent to an activating group) is 1. The van der Waals surface area contributed by atoms with Gasteiger partial charge >= 0.3 is 0 Å². The Morgan fingerprint density at radius 2 is 2.29 bits per heavy atom. The summed E-state index contributed by atoms with van der Waals surface area (Å²) >= 11 is 0. The Kier molecular flexibility index (Phi) is 2.85. The molecule has 0 amide bonds. The van der Waals surface area contributed by atoms with Gasteiger partial charge in [0.25, 0.3) is 0 Å². The molecule has 0 N–H and O–H groups in total. The van der Waals surface area contributed by atoms with Crippen LogP contribution in [0.1, 0.15) is 39.5 Å². The van der Waals surface area contributed by atoms with Crippen molar-refractivity contribution in [3.8, 4) is 0 Å². The summed E-state index contributed by atoms with van der Waals surface area (Å²) in [5.74, 6) is 0.949. The fourth-order valence-corrected chi connectivity index (χ4v) is 3.11. The maximum atomic E-state index is 5.83. The molecule has 2 heteroatoms. The minimum absolute atomic E-state index is 0.374. The number of hydrogen-bond donors (Lipinski definition) is 0. The summed E-state index contributed by atoms with van der Waals surface area (Å²) in [6, 6.07) is 0. The molecule has 0 aromatic rings. The van der Waals surface area contributed by atoms with Crippen molar-refractivity contribution in [3.05, 3.63) is 0 Å². The molecule has 1 aliphatic carbocycles. The summed E-state index contributed by atoms with van der Waals surface area (Å²) < 4.78 is 5.83. The molecule has 2 nitrogen and oxygen atoms in total. The molecule has 2 unspecified atom stereocenters. The van der Waals surface area contributed by atoms with E-state index in [2.05, 4.69) is 25.8 Å². The van der Waals surface area contributed by atoms with Crippen LogP contribution >= 0.6 is 0 Å². The molecule has 0 aromatic carbocycles. The van der Waals surface area contributed by atoms with E-state index >= 15 is 0 Å². The van der Waals surface area contributed by atoms with Gasteiger partial charge in [-0.1, -0.05) is 6.42 Å². The predicted molar refractivity (Wildman–Crippen MR) is 58.4 cm³/mol. The molecular weight excluding hydrogens is 174 g/mol. The van der Waals surface area contributed by atoms with Gasteiger partial charge in [0.2, 0.25) is 0 Å². The maximum Gasteiger partial charge on any atom is 0.0653 e. The van der Waals surface area contributed by atoms with E-state index in [1.165, 1.54) is 32.2 Å². The average Bonchev–Trinajstić information content (AvgIpc) is 2.35. The zero-order valence-corrected chi connectivity index (χ0v) is 9.75. The Labute approximate surface area is 87.6 Å². The van der Waals surface area contributed by atoms with Crippen LogP contribution in [0.4, 0.5) is 0 Å². The zero-order chi connectivity index (χ0) is 10.2. The third-order valence-electron chi connectivity index (χ3n) is 3.95. The molecule has 0 aromatic heterocycles. The largest absolute Gasteiger partial charge is 0.377 e. The summed E-state index contributed by atoms with van der Waals surface area (Å²) in [5, 5.41) is 0. The van der Waals surface area contributed by atoms with Crippen LogP contribution in [0.15, 0.2) is 0 Å². The summed E-state index contributed by atoms with van der Waals surface area (Å²) in [7, 11) is 2.27. The summed E-state index contributed by atoms with van der Waals surface area (Å²) in [6.45, 7) is 6.50. The summed E-state index contributed by atoms with van der Waals surface area (Å²) in [5.41, 5.74) is 0.396. The van der Waals surface area contributed by atoms with E-state index < -0.39 is 0 Å². The fraction of sp³-hybridized carbons (Fsp3) is 1.00. The monoisotopic (exact) mass is 197 g/mol. The molecule has 82 valence electrons. The number of ether oxygens (including phenoxy) is 1. The molecule has 1 saturated carbocycles. The number of hydrogen-bond acceptors (Lipinski definition) is 2. The second-order valence-electron chi connectivity index (χ2n) is 5.43. The molecule has 1 aliphatic heterocycles. The van der Waals surface area contributed by atoms with E-state index in [1.807, 2.05) is 0 Å². The highest BCUT2D eigenvalue weighted by Crippen LogP contribution is 2.43. The quantitative estimate of drug-likeness (QED) is 0.688. The smallest absolute Gasteiger partial charge is 0.0653 e. The van der Waals surface area contributed by atoms with Gasteiger partial charge in [0.1, 0.15) is 0 Å². The third kappa shape index (κ3) is 1.82. The Morgan fingerprint density at radius 1 is 1.50 bits per heavy atom. The van der Waals surface area contributed by atoms with Gasteiger partial charge in [-0.15, -0.1) is 0 Å². The highest BCUT2D eigenvalue weighted by atomic mass is 16.5. The molecule has 0 spiro atoms. The first-order valence-corrected chi connectivity index (χ1v) is 5.95. The summed E-state index contributed by atoms with van der Waals surface area (Å²) in [4.78, 5) is 2.55. The van der Waals surface area contributed by atoms with Crippen molar-refractivity contribution in [2.45, 2.75) is 51.2 Å². The Hall–Kier alpha value is -0.0800. The van der Waals surface area contributed by atoms with Crippen LogP contribution in [0, 0.1) is 5.92 Å². The lowest BCUT2D eigenvalue weighted by Crippen LogP contribution is -2.46. The van der Waals surface area contributed by atoms with Gasteiger partial charge in [-0.2, -0.15) is 0 Å². The van der Waals surface area contributed by atoms with E-state index in [4.69, 9.17) is 4.74 Å². The van der Waals surface area contributed by atoms with Gasteiger partial charge in [0.15, 0.2) is 0 Å². The first-order chi connectivity index (χ1) is 6.62. The number of fused-ring (bicyclic) bond motifs is 2. The fourth-order valence-electron chi connectivity index (χ4n) is 3.11. The van der Waals surface area contributed by atoms with Gasteiger partial charge in [-0.25, -0.2) is 0 Å². The van der Waals surface area contributed by atoms with E-state index in [0.717, 1.165) is 12.5 Å². The van der Waals surface area contributed by atoms with E-state index in [-0.39, 0.29) is 0 Å². The minimum Gasteiger partial charge on any atom is -0.377 e. The van der Waals surface area contributed by atoms with Crippen LogP contribution in [-0.4, -0.2) is 36.7 Å². The van der Waals surface area contributed by atoms with Gasteiger partial charge in [0.05, 0.1) is 12.7 Å². The van der Waals surface area contributed by atoms with Crippen molar-refractivity contribution < 1.29 is 4.74 Å². The van der Waals surface area contributed by atoms with Crippen molar-refractivity contribution in [2.75, 3.05) is 20.2 Å². The van der Waals surface area contributed by atoms with Crippen molar-refractivity contribution in [1.82, 2.24) is 4.90 Å². The molecule has 1 heterocycles. The Bertz CT molecular complexity index is 204. The van der Waals surface area contributed by atoms with Crippen molar-refractivity contribution >= 4 is 0 Å². The number of rotatable bonds is 3. The van der Waals surface area contributed by atoms with E-state index in [0.29, 0.717) is 11.6 Å². The zero-order valence-electron chi connectivity index (χ0n) is 9.75. The lowest BCUT2D eigenvalue weighted by Gasteiger charge is -2.38. The molecule has 2 rings (SSSR count). The van der Waals surface area contributed by atoms with Crippen LogP contribution in [0.25, 0.3) is 0 Å². The Balaban J connectivity index is 1.98. The van der Waals surface area contributed by atoms with Crippen LogP contribution in [-0.2, 0) is 4.74 Å². The first kappa shape index (κ1) is 10.4. The standard InChI is InChI=1S/C12H23NO/c1-10(2)14-9-12-6-4-5-11(7-12)8-13(12)3/h10-11H,4-9H2,1-3H3. The lowest BCUT2D eigenvalue weighted by molar-refractivity contribution is -0.0122. The van der Waals surface area contributed by atoms with Crippen LogP contribution in [0.3, 0.4) is 0 Å². The first-order valence-electron chi connectivity index (χ1n) is 5.95. The maximum absolute atomic E-state index is 5.83. The minimum atomic E-state index is 0.374. The van der Waals surface area contributed by atoms with Gasteiger partial charge in [-0.05, 0) is 46.1 Å². The van der Waals surface area contributed by atoms with Crippen LogP contribution in [0.5, 0.6) is 0 Å². The molecule has 1 saturated heterocycles. The van der Waals surface area contributed by atoms with Gasteiger partial charge in [-0.3, -0.25) is 4.90 Å². The van der Waals surface area contributed by atoms with Crippen molar-refractivity contribution in [3.63, 3.8) is 0 Å². The van der Waals surface area contributed by atoms with Gasteiger partial charge in [0, 0.05) is 12.1 Å². The highest BCUT2D eigenvalue weighted by Gasteiger charge is 2.46. The predicted octanol–water partition coefficient (Wildman–Crippen LogP) is 2.29. The molecule has 2 bridgehead atoms. The molecular formula is C12H23NO. The summed E-state index contributed by atoms with van der Waals surface area (Å²) in [6.07, 6.45) is 5.92. The lowest BCUT2D eigenvalue weighted by atomic mass is 9.80. The molecule has 14 heavy (non-hydrogen) atoms.